The van der Waals surface area contributed by atoms with Crippen molar-refractivity contribution in [3.63, 3.8) is 0 Å². The van der Waals surface area contributed by atoms with Gasteiger partial charge in [-0.1, -0.05) is 12.1 Å². The van der Waals surface area contributed by atoms with Crippen LogP contribution in [-0.2, 0) is 4.74 Å². The summed E-state index contributed by atoms with van der Waals surface area (Å²) in [6.45, 7) is 3.24. The summed E-state index contributed by atoms with van der Waals surface area (Å²) < 4.78 is 10.5. The molecule has 1 aromatic carbocycles. The second-order valence-electron chi connectivity index (χ2n) is 3.79. The molecule has 3 heteroatoms. The summed E-state index contributed by atoms with van der Waals surface area (Å²) in [7, 11) is 1.70. The third-order valence-corrected chi connectivity index (χ3v) is 2.37. The third-order valence-electron chi connectivity index (χ3n) is 2.37. The van der Waals surface area contributed by atoms with Crippen molar-refractivity contribution in [2.75, 3.05) is 20.3 Å². The van der Waals surface area contributed by atoms with Gasteiger partial charge in [-0.15, -0.1) is 0 Å². The van der Waals surface area contributed by atoms with Gasteiger partial charge in [-0.2, -0.15) is 0 Å². The van der Waals surface area contributed by atoms with E-state index in [9.17, 15) is 5.11 Å². The Morgan fingerprint density at radius 2 is 1.75 bits per heavy atom. The molecule has 0 saturated heterocycles. The lowest BCUT2D eigenvalue weighted by molar-refractivity contribution is 0.184. The van der Waals surface area contributed by atoms with Crippen LogP contribution in [0.15, 0.2) is 24.3 Å². The number of hydrogen-bond donors (Lipinski definition) is 1. The van der Waals surface area contributed by atoms with Gasteiger partial charge in [-0.25, -0.2) is 0 Å². The molecular weight excluding hydrogens is 204 g/mol. The zero-order valence-electron chi connectivity index (χ0n) is 9.98. The topological polar surface area (TPSA) is 38.7 Å². The monoisotopic (exact) mass is 224 g/mol. The van der Waals surface area contributed by atoms with Gasteiger partial charge in [0.05, 0.1) is 12.7 Å². The van der Waals surface area contributed by atoms with Crippen LogP contribution >= 0.6 is 0 Å². The summed E-state index contributed by atoms with van der Waals surface area (Å²) >= 11 is 0. The van der Waals surface area contributed by atoms with Crippen LogP contribution in [0.4, 0.5) is 0 Å². The normalized spacial score (nSPS) is 12.4. The molecule has 1 rings (SSSR count). The van der Waals surface area contributed by atoms with Crippen LogP contribution < -0.4 is 4.74 Å². The SMILES string of the molecule is COCCCCOc1ccc(C(C)O)cc1. The number of ether oxygens (including phenoxy) is 2. The van der Waals surface area contributed by atoms with Crippen LogP contribution in [0, 0.1) is 0 Å². The first-order valence-corrected chi connectivity index (χ1v) is 5.64. The average Bonchev–Trinajstić information content (AvgIpc) is 2.29. The largest absolute Gasteiger partial charge is 0.494 e. The Morgan fingerprint density at radius 1 is 1.12 bits per heavy atom. The highest BCUT2D eigenvalue weighted by molar-refractivity contribution is 5.28. The molecule has 1 aromatic rings. The molecule has 0 saturated carbocycles. The van der Waals surface area contributed by atoms with E-state index in [1.165, 1.54) is 0 Å². The van der Waals surface area contributed by atoms with E-state index in [0.29, 0.717) is 6.61 Å². The Balaban J connectivity index is 2.27. The summed E-state index contributed by atoms with van der Waals surface area (Å²) in [5.41, 5.74) is 0.909. The number of hydrogen-bond acceptors (Lipinski definition) is 3. The minimum Gasteiger partial charge on any atom is -0.494 e. The molecule has 0 aliphatic carbocycles. The van der Waals surface area contributed by atoms with Crippen LogP contribution in [0.5, 0.6) is 5.75 Å². The third kappa shape index (κ3) is 4.64. The van der Waals surface area contributed by atoms with Crippen LogP contribution in [0.25, 0.3) is 0 Å². The van der Waals surface area contributed by atoms with Gasteiger partial charge in [0.2, 0.25) is 0 Å². The lowest BCUT2D eigenvalue weighted by Gasteiger charge is -2.08. The van der Waals surface area contributed by atoms with Gasteiger partial charge in [0.25, 0.3) is 0 Å². The van der Waals surface area contributed by atoms with E-state index in [0.717, 1.165) is 30.8 Å². The molecule has 1 N–H and O–H groups in total. The summed E-state index contributed by atoms with van der Waals surface area (Å²) in [5, 5.41) is 9.33. The molecule has 3 nitrogen and oxygen atoms in total. The molecule has 1 atom stereocenters. The molecule has 0 aliphatic heterocycles. The Bertz CT molecular complexity index is 280. The second-order valence-corrected chi connectivity index (χ2v) is 3.79. The van der Waals surface area contributed by atoms with Gasteiger partial charge in [0.15, 0.2) is 0 Å². The van der Waals surface area contributed by atoms with Crippen molar-refractivity contribution in [1.29, 1.82) is 0 Å². The number of aliphatic hydroxyl groups excluding tert-OH is 1. The highest BCUT2D eigenvalue weighted by Gasteiger charge is 2.00. The van der Waals surface area contributed by atoms with Crippen molar-refractivity contribution < 1.29 is 14.6 Å². The smallest absolute Gasteiger partial charge is 0.119 e. The van der Waals surface area contributed by atoms with E-state index in [1.54, 1.807) is 14.0 Å². The summed E-state index contributed by atoms with van der Waals surface area (Å²) in [4.78, 5) is 0. The van der Waals surface area contributed by atoms with Crippen molar-refractivity contribution in [2.45, 2.75) is 25.9 Å². The van der Waals surface area contributed by atoms with Crippen LogP contribution in [0.2, 0.25) is 0 Å². The number of benzene rings is 1. The Labute approximate surface area is 97.0 Å². The van der Waals surface area contributed by atoms with Gasteiger partial charge in [0.1, 0.15) is 5.75 Å². The van der Waals surface area contributed by atoms with Crippen LogP contribution in [0.1, 0.15) is 31.4 Å². The molecule has 1 unspecified atom stereocenters. The number of rotatable bonds is 7. The summed E-state index contributed by atoms with van der Waals surface area (Å²) in [5.74, 6) is 0.849. The Morgan fingerprint density at radius 3 is 2.31 bits per heavy atom. The maximum Gasteiger partial charge on any atom is 0.119 e. The average molecular weight is 224 g/mol. The van der Waals surface area contributed by atoms with Crippen molar-refractivity contribution in [3.8, 4) is 5.75 Å². The van der Waals surface area contributed by atoms with Crippen LogP contribution in [-0.4, -0.2) is 25.4 Å². The van der Waals surface area contributed by atoms with E-state index in [2.05, 4.69) is 0 Å². The predicted molar refractivity (Wildman–Crippen MR) is 63.7 cm³/mol. The molecule has 0 spiro atoms. The zero-order chi connectivity index (χ0) is 11.8. The minimum atomic E-state index is -0.421. The van der Waals surface area contributed by atoms with Gasteiger partial charge < -0.3 is 14.6 Å². The zero-order valence-corrected chi connectivity index (χ0v) is 9.98. The first kappa shape index (κ1) is 13.0. The minimum absolute atomic E-state index is 0.421. The van der Waals surface area contributed by atoms with Gasteiger partial charge >= 0.3 is 0 Å². The molecule has 0 radical (unpaired) electrons. The first-order valence-electron chi connectivity index (χ1n) is 5.64. The molecule has 0 aromatic heterocycles. The van der Waals surface area contributed by atoms with Gasteiger partial charge in [0, 0.05) is 13.7 Å². The van der Waals surface area contributed by atoms with E-state index in [-0.39, 0.29) is 0 Å². The molecule has 0 heterocycles. The maximum absolute atomic E-state index is 9.33. The fourth-order valence-electron chi connectivity index (χ4n) is 1.38. The molecule has 0 fully saturated rings. The molecule has 0 aliphatic rings. The lowest BCUT2D eigenvalue weighted by atomic mass is 10.1. The molecule has 16 heavy (non-hydrogen) atoms. The fourth-order valence-corrected chi connectivity index (χ4v) is 1.38. The van der Waals surface area contributed by atoms with E-state index in [4.69, 9.17) is 9.47 Å². The predicted octanol–water partition coefficient (Wildman–Crippen LogP) is 2.55. The standard InChI is InChI=1S/C13H20O3/c1-11(14)12-5-7-13(8-6-12)16-10-4-3-9-15-2/h5-8,11,14H,3-4,9-10H2,1-2H3. The van der Waals surface area contributed by atoms with Crippen molar-refractivity contribution in [2.24, 2.45) is 0 Å². The summed E-state index contributed by atoms with van der Waals surface area (Å²) in [6, 6.07) is 7.54. The number of methoxy groups -OCH3 is 1. The highest BCUT2D eigenvalue weighted by Crippen LogP contribution is 2.17. The van der Waals surface area contributed by atoms with E-state index < -0.39 is 6.10 Å². The summed E-state index contributed by atoms with van der Waals surface area (Å²) in [6.07, 6.45) is 1.59. The van der Waals surface area contributed by atoms with Crippen molar-refractivity contribution in [3.05, 3.63) is 29.8 Å². The molecule has 0 amide bonds. The Hall–Kier alpha value is -1.06. The Kier molecular flexibility index (Phi) is 5.90. The van der Waals surface area contributed by atoms with Crippen LogP contribution in [0.3, 0.4) is 0 Å². The fraction of sp³-hybridized carbons (Fsp3) is 0.538. The van der Waals surface area contributed by atoms with Gasteiger partial charge in [-0.3, -0.25) is 0 Å². The molecule has 0 bridgehead atoms. The van der Waals surface area contributed by atoms with Crippen molar-refractivity contribution >= 4 is 0 Å². The van der Waals surface area contributed by atoms with Gasteiger partial charge in [-0.05, 0) is 37.5 Å². The highest BCUT2D eigenvalue weighted by atomic mass is 16.5. The molecular formula is C13H20O3. The first-order chi connectivity index (χ1) is 7.74. The molecule has 90 valence electrons. The lowest BCUT2D eigenvalue weighted by Crippen LogP contribution is -2.00. The van der Waals surface area contributed by atoms with E-state index >= 15 is 0 Å². The second kappa shape index (κ2) is 7.25. The number of unbranched alkanes of at least 4 members (excludes halogenated alkanes) is 1. The van der Waals surface area contributed by atoms with Crippen molar-refractivity contribution in [1.82, 2.24) is 0 Å². The maximum atomic E-state index is 9.33. The quantitative estimate of drug-likeness (QED) is 0.723. The van der Waals surface area contributed by atoms with E-state index in [1.807, 2.05) is 24.3 Å². The number of aliphatic hydroxyl groups is 1.